The summed E-state index contributed by atoms with van der Waals surface area (Å²) in [4.78, 5) is 0. The first-order valence-corrected chi connectivity index (χ1v) is 5.50. The molecule has 0 aliphatic heterocycles. The van der Waals surface area contributed by atoms with Gasteiger partial charge in [0.05, 0.1) is 6.61 Å². The highest BCUT2D eigenvalue weighted by Gasteiger charge is 2.07. The summed E-state index contributed by atoms with van der Waals surface area (Å²) < 4.78 is 5.17. The summed E-state index contributed by atoms with van der Waals surface area (Å²) in [5, 5.41) is 3.51. The van der Waals surface area contributed by atoms with E-state index in [1.165, 1.54) is 16.8 Å². The second-order valence-corrected chi connectivity index (χ2v) is 3.95. The first kappa shape index (κ1) is 12.1. The van der Waals surface area contributed by atoms with Crippen molar-refractivity contribution in [1.82, 2.24) is 0 Å². The largest absolute Gasteiger partial charge is 0.383 e. The molecule has 0 bridgehead atoms. The van der Waals surface area contributed by atoms with Crippen molar-refractivity contribution in [2.24, 2.45) is 0 Å². The first-order chi connectivity index (χ1) is 7.19. The molecule has 1 aromatic carbocycles. The molecule has 0 radical (unpaired) electrons. The highest BCUT2D eigenvalue weighted by Crippen LogP contribution is 2.19. The highest BCUT2D eigenvalue weighted by atomic mass is 16.5. The molecule has 0 heterocycles. The predicted octanol–water partition coefficient (Wildman–Crippen LogP) is 3.14. The maximum atomic E-state index is 5.17. The predicted molar refractivity (Wildman–Crippen MR) is 65.5 cm³/mol. The summed E-state index contributed by atoms with van der Waals surface area (Å²) in [6, 6.07) is 6.75. The Labute approximate surface area is 92.6 Å². The van der Waals surface area contributed by atoms with Crippen LogP contribution in [0.25, 0.3) is 0 Å². The van der Waals surface area contributed by atoms with Crippen LogP contribution < -0.4 is 5.32 Å². The van der Waals surface area contributed by atoms with Gasteiger partial charge in [-0.15, -0.1) is 0 Å². The lowest BCUT2D eigenvalue weighted by atomic mass is 10.1. The zero-order valence-corrected chi connectivity index (χ0v) is 10.1. The molecule has 0 spiro atoms. The number of anilines is 1. The minimum Gasteiger partial charge on any atom is -0.383 e. The number of hydrogen-bond acceptors (Lipinski definition) is 2. The summed E-state index contributed by atoms with van der Waals surface area (Å²) in [6.07, 6.45) is 1.07. The second-order valence-electron chi connectivity index (χ2n) is 3.95. The quantitative estimate of drug-likeness (QED) is 0.801. The lowest BCUT2D eigenvalue weighted by Gasteiger charge is -2.19. The van der Waals surface area contributed by atoms with E-state index in [-0.39, 0.29) is 0 Å². The molecule has 2 nitrogen and oxygen atoms in total. The van der Waals surface area contributed by atoms with Crippen LogP contribution in [0.1, 0.15) is 24.5 Å². The Balaban J connectivity index is 2.74. The molecule has 0 amide bonds. The van der Waals surface area contributed by atoms with E-state index in [4.69, 9.17) is 4.74 Å². The van der Waals surface area contributed by atoms with Crippen LogP contribution >= 0.6 is 0 Å². The summed E-state index contributed by atoms with van der Waals surface area (Å²) >= 11 is 0. The molecule has 2 heteroatoms. The van der Waals surface area contributed by atoms with Crippen LogP contribution in [-0.4, -0.2) is 19.8 Å². The second kappa shape index (κ2) is 5.76. The van der Waals surface area contributed by atoms with Gasteiger partial charge in [0.25, 0.3) is 0 Å². The van der Waals surface area contributed by atoms with E-state index in [0.29, 0.717) is 6.04 Å². The molecule has 15 heavy (non-hydrogen) atoms. The highest BCUT2D eigenvalue weighted by molar-refractivity contribution is 5.54. The van der Waals surface area contributed by atoms with Gasteiger partial charge in [-0.3, -0.25) is 0 Å². The molecule has 1 aromatic rings. The Bertz CT molecular complexity index is 309. The van der Waals surface area contributed by atoms with Gasteiger partial charge < -0.3 is 10.1 Å². The maximum absolute atomic E-state index is 5.17. The maximum Gasteiger partial charge on any atom is 0.0663 e. The van der Waals surface area contributed by atoms with Crippen molar-refractivity contribution in [3.63, 3.8) is 0 Å². The fourth-order valence-corrected chi connectivity index (χ4v) is 1.59. The number of ether oxygens (including phenoxy) is 1. The standard InChI is InChI=1S/C13H21NO/c1-5-12(9-15-4)14-13-8-6-7-10(2)11(13)3/h6-8,12,14H,5,9H2,1-4H3. The average Bonchev–Trinajstić information content (AvgIpc) is 2.24. The number of nitrogens with one attached hydrogen (secondary N) is 1. The van der Waals surface area contributed by atoms with Crippen molar-refractivity contribution in [1.29, 1.82) is 0 Å². The van der Waals surface area contributed by atoms with Gasteiger partial charge in [-0.05, 0) is 37.5 Å². The lowest BCUT2D eigenvalue weighted by molar-refractivity contribution is 0.184. The van der Waals surface area contributed by atoms with Gasteiger partial charge in [0, 0.05) is 18.8 Å². The molecule has 0 saturated carbocycles. The molecular formula is C13H21NO. The van der Waals surface area contributed by atoms with Gasteiger partial charge in [0.15, 0.2) is 0 Å². The van der Waals surface area contributed by atoms with Crippen LogP contribution in [0.5, 0.6) is 0 Å². The number of benzene rings is 1. The Kier molecular flexibility index (Phi) is 4.63. The molecule has 0 saturated heterocycles. The summed E-state index contributed by atoms with van der Waals surface area (Å²) in [5.41, 5.74) is 3.87. The Morgan fingerprint density at radius 1 is 1.33 bits per heavy atom. The third kappa shape index (κ3) is 3.24. The zero-order valence-electron chi connectivity index (χ0n) is 10.1. The zero-order chi connectivity index (χ0) is 11.3. The number of aryl methyl sites for hydroxylation is 1. The van der Waals surface area contributed by atoms with Crippen molar-refractivity contribution in [2.75, 3.05) is 19.0 Å². The van der Waals surface area contributed by atoms with Crippen LogP contribution in [0.2, 0.25) is 0 Å². The lowest BCUT2D eigenvalue weighted by Crippen LogP contribution is -2.24. The molecule has 1 unspecified atom stereocenters. The van der Waals surface area contributed by atoms with E-state index < -0.39 is 0 Å². The van der Waals surface area contributed by atoms with E-state index in [1.807, 2.05) is 0 Å². The third-order valence-corrected chi connectivity index (χ3v) is 2.82. The van der Waals surface area contributed by atoms with Crippen molar-refractivity contribution in [3.8, 4) is 0 Å². The van der Waals surface area contributed by atoms with Gasteiger partial charge in [-0.25, -0.2) is 0 Å². The van der Waals surface area contributed by atoms with Crippen molar-refractivity contribution < 1.29 is 4.74 Å². The molecule has 0 aliphatic carbocycles. The summed E-state index contributed by atoms with van der Waals surface area (Å²) in [7, 11) is 1.74. The Hall–Kier alpha value is -1.02. The monoisotopic (exact) mass is 207 g/mol. The molecule has 1 atom stereocenters. The Morgan fingerprint density at radius 3 is 2.67 bits per heavy atom. The van der Waals surface area contributed by atoms with Crippen molar-refractivity contribution in [3.05, 3.63) is 29.3 Å². The van der Waals surface area contributed by atoms with Crippen LogP contribution in [0.3, 0.4) is 0 Å². The molecule has 1 rings (SSSR count). The van der Waals surface area contributed by atoms with Gasteiger partial charge in [-0.1, -0.05) is 19.1 Å². The summed E-state index contributed by atoms with van der Waals surface area (Å²) in [5.74, 6) is 0. The van der Waals surface area contributed by atoms with Gasteiger partial charge in [-0.2, -0.15) is 0 Å². The fraction of sp³-hybridized carbons (Fsp3) is 0.538. The molecular weight excluding hydrogens is 186 g/mol. The minimum absolute atomic E-state index is 0.399. The third-order valence-electron chi connectivity index (χ3n) is 2.82. The smallest absolute Gasteiger partial charge is 0.0663 e. The average molecular weight is 207 g/mol. The molecule has 0 aromatic heterocycles. The van der Waals surface area contributed by atoms with E-state index >= 15 is 0 Å². The SMILES string of the molecule is CCC(COC)Nc1cccc(C)c1C. The van der Waals surface area contributed by atoms with Crippen LogP contribution in [-0.2, 0) is 4.74 Å². The van der Waals surface area contributed by atoms with Crippen LogP contribution in [0.4, 0.5) is 5.69 Å². The summed E-state index contributed by atoms with van der Waals surface area (Å²) in [6.45, 7) is 7.21. The number of methoxy groups -OCH3 is 1. The molecule has 0 fully saturated rings. The van der Waals surface area contributed by atoms with Gasteiger partial charge in [0.1, 0.15) is 0 Å². The van der Waals surface area contributed by atoms with E-state index in [9.17, 15) is 0 Å². The van der Waals surface area contributed by atoms with Gasteiger partial charge >= 0.3 is 0 Å². The van der Waals surface area contributed by atoms with E-state index in [1.54, 1.807) is 7.11 Å². The van der Waals surface area contributed by atoms with Crippen molar-refractivity contribution in [2.45, 2.75) is 33.2 Å². The Morgan fingerprint density at radius 2 is 2.07 bits per heavy atom. The molecule has 1 N–H and O–H groups in total. The first-order valence-electron chi connectivity index (χ1n) is 5.50. The normalized spacial score (nSPS) is 12.5. The number of rotatable bonds is 5. The van der Waals surface area contributed by atoms with Crippen LogP contribution in [0.15, 0.2) is 18.2 Å². The molecule has 84 valence electrons. The molecule has 0 aliphatic rings. The topological polar surface area (TPSA) is 21.3 Å². The van der Waals surface area contributed by atoms with Crippen LogP contribution in [0, 0.1) is 13.8 Å². The van der Waals surface area contributed by atoms with E-state index in [0.717, 1.165) is 13.0 Å². The fourth-order valence-electron chi connectivity index (χ4n) is 1.59. The minimum atomic E-state index is 0.399. The van der Waals surface area contributed by atoms with Crippen molar-refractivity contribution >= 4 is 5.69 Å². The van der Waals surface area contributed by atoms with E-state index in [2.05, 4.69) is 44.3 Å². The number of hydrogen-bond donors (Lipinski definition) is 1. The van der Waals surface area contributed by atoms with Gasteiger partial charge in [0.2, 0.25) is 0 Å².